The molecule has 30 heavy (non-hydrogen) atoms. The van der Waals surface area contributed by atoms with Crippen LogP contribution >= 0.6 is 0 Å². The number of carbonyl (C=O) groups is 1. The van der Waals surface area contributed by atoms with Crippen LogP contribution < -0.4 is 11.0 Å². The number of sulfone groups is 1. The zero-order valence-corrected chi connectivity index (χ0v) is 17.0. The molecule has 0 saturated carbocycles. The number of aromatic nitrogens is 2. The molecule has 0 bridgehead atoms. The lowest BCUT2D eigenvalue weighted by molar-refractivity contribution is -0.116. The molecular formula is C20H21F2N3O4S. The fraction of sp³-hybridized carbons (Fsp3) is 0.300. The summed E-state index contributed by atoms with van der Waals surface area (Å²) >= 11 is 0. The predicted octanol–water partition coefficient (Wildman–Crippen LogP) is 3.24. The zero-order valence-electron chi connectivity index (χ0n) is 16.2. The number of nitrogens with one attached hydrogen (secondary N) is 1. The van der Waals surface area contributed by atoms with Gasteiger partial charge in [-0.2, -0.15) is 8.78 Å². The van der Waals surface area contributed by atoms with E-state index in [0.29, 0.717) is 6.54 Å². The van der Waals surface area contributed by atoms with Gasteiger partial charge in [-0.1, -0.05) is 19.1 Å². The van der Waals surface area contributed by atoms with Crippen molar-refractivity contribution in [3.05, 3.63) is 59.0 Å². The Morgan fingerprint density at radius 1 is 1.00 bits per heavy atom. The van der Waals surface area contributed by atoms with Crippen molar-refractivity contribution in [1.82, 2.24) is 9.13 Å². The summed E-state index contributed by atoms with van der Waals surface area (Å²) in [4.78, 5) is 24.5. The van der Waals surface area contributed by atoms with E-state index >= 15 is 0 Å². The summed E-state index contributed by atoms with van der Waals surface area (Å²) in [6, 6.07) is 11.9. The number of carbonyl (C=O) groups excluding carboxylic acids is 1. The number of nitrogens with zero attached hydrogens (tertiary/aromatic N) is 2. The Balaban J connectivity index is 1.71. The smallest absolute Gasteiger partial charge is 0.326 e. The van der Waals surface area contributed by atoms with Gasteiger partial charge in [0, 0.05) is 25.2 Å². The second kappa shape index (κ2) is 8.78. The summed E-state index contributed by atoms with van der Waals surface area (Å²) in [7, 11) is -4.68. The Morgan fingerprint density at radius 3 is 2.10 bits per heavy atom. The molecule has 7 nitrogen and oxygen atoms in total. The lowest BCUT2D eigenvalue weighted by Gasteiger charge is -2.08. The first kappa shape index (κ1) is 21.7. The highest BCUT2D eigenvalue weighted by atomic mass is 32.2. The fourth-order valence-electron chi connectivity index (χ4n) is 3.20. The van der Waals surface area contributed by atoms with Crippen molar-refractivity contribution >= 4 is 32.5 Å². The number of imidazole rings is 1. The molecule has 1 heterocycles. The van der Waals surface area contributed by atoms with Crippen molar-refractivity contribution in [2.45, 2.75) is 43.5 Å². The number of halogens is 2. The van der Waals surface area contributed by atoms with Crippen LogP contribution in [0, 0.1) is 0 Å². The molecule has 1 amide bonds. The van der Waals surface area contributed by atoms with Crippen LogP contribution in [0.5, 0.6) is 0 Å². The first-order chi connectivity index (χ1) is 14.3. The van der Waals surface area contributed by atoms with Crippen LogP contribution in [-0.2, 0) is 27.7 Å². The Morgan fingerprint density at radius 2 is 1.57 bits per heavy atom. The monoisotopic (exact) mass is 437 g/mol. The second-order valence-corrected chi connectivity index (χ2v) is 8.62. The molecule has 0 unspecified atom stereocenters. The number of hydrogen-bond acceptors (Lipinski definition) is 4. The minimum Gasteiger partial charge on any atom is -0.326 e. The molecule has 1 N–H and O–H groups in total. The van der Waals surface area contributed by atoms with E-state index < -0.39 is 26.4 Å². The summed E-state index contributed by atoms with van der Waals surface area (Å²) in [5, 5.41) is 2.58. The molecule has 0 aliphatic rings. The predicted molar refractivity (Wildman–Crippen MR) is 109 cm³/mol. The number of fused-ring (bicyclic) bond motifs is 1. The highest BCUT2D eigenvalue weighted by molar-refractivity contribution is 7.91. The standard InChI is InChI=1S/C20H21F2N3O4S/c1-2-12-24-16-5-3-4-6-17(16)25(20(24)27)13-11-18(26)23-14-7-9-15(10-8-14)30(28,29)19(21)22/h3-10,19H,2,11-13H2,1H3,(H,23,26). The molecule has 160 valence electrons. The molecule has 2 aromatic carbocycles. The summed E-state index contributed by atoms with van der Waals surface area (Å²) in [5.74, 6) is -3.90. The molecule has 0 aliphatic heterocycles. The van der Waals surface area contributed by atoms with Gasteiger partial charge in [0.15, 0.2) is 0 Å². The Kier molecular flexibility index (Phi) is 6.35. The highest BCUT2D eigenvalue weighted by Gasteiger charge is 2.26. The maximum atomic E-state index is 12.7. The van der Waals surface area contributed by atoms with Crippen LogP contribution in [-0.4, -0.2) is 29.2 Å². The molecule has 3 aromatic rings. The molecule has 0 saturated heterocycles. The maximum absolute atomic E-state index is 12.7. The van der Waals surface area contributed by atoms with Gasteiger partial charge in [0.25, 0.3) is 0 Å². The number of alkyl halides is 2. The van der Waals surface area contributed by atoms with Crippen LogP contribution in [0.4, 0.5) is 14.5 Å². The lowest BCUT2D eigenvalue weighted by atomic mass is 10.3. The quantitative estimate of drug-likeness (QED) is 0.586. The number of para-hydroxylation sites is 2. The fourth-order valence-corrected chi connectivity index (χ4v) is 3.92. The van der Waals surface area contributed by atoms with E-state index in [2.05, 4.69) is 5.32 Å². The van der Waals surface area contributed by atoms with Crippen molar-refractivity contribution in [2.24, 2.45) is 0 Å². The van der Waals surface area contributed by atoms with Crippen molar-refractivity contribution in [1.29, 1.82) is 0 Å². The molecule has 0 spiro atoms. The van der Waals surface area contributed by atoms with Gasteiger partial charge in [-0.3, -0.25) is 13.9 Å². The first-order valence-corrected chi connectivity index (χ1v) is 10.9. The van der Waals surface area contributed by atoms with E-state index in [4.69, 9.17) is 0 Å². The van der Waals surface area contributed by atoms with E-state index in [9.17, 15) is 26.8 Å². The van der Waals surface area contributed by atoms with Gasteiger partial charge >= 0.3 is 11.4 Å². The maximum Gasteiger partial charge on any atom is 0.341 e. The first-order valence-electron chi connectivity index (χ1n) is 9.35. The van der Waals surface area contributed by atoms with Crippen molar-refractivity contribution in [2.75, 3.05) is 5.32 Å². The molecular weight excluding hydrogens is 416 g/mol. The number of rotatable bonds is 8. The molecule has 3 rings (SSSR count). The molecule has 0 aliphatic carbocycles. The Labute approximate surface area is 171 Å². The van der Waals surface area contributed by atoms with Gasteiger partial charge in [-0.25, -0.2) is 13.2 Å². The lowest BCUT2D eigenvalue weighted by Crippen LogP contribution is -2.26. The Bertz CT molecular complexity index is 1220. The molecule has 0 atom stereocenters. The average Bonchev–Trinajstić information content (AvgIpc) is 2.98. The zero-order chi connectivity index (χ0) is 21.9. The van der Waals surface area contributed by atoms with Crippen LogP contribution in [0.25, 0.3) is 11.0 Å². The van der Waals surface area contributed by atoms with Crippen LogP contribution in [0.2, 0.25) is 0 Å². The van der Waals surface area contributed by atoms with E-state index in [1.54, 1.807) is 9.13 Å². The average molecular weight is 437 g/mol. The minimum absolute atomic E-state index is 0.0110. The van der Waals surface area contributed by atoms with Gasteiger partial charge in [0.2, 0.25) is 15.7 Å². The van der Waals surface area contributed by atoms with Crippen molar-refractivity contribution in [3.63, 3.8) is 0 Å². The van der Waals surface area contributed by atoms with E-state index in [-0.39, 0.29) is 24.3 Å². The number of aryl methyl sites for hydroxylation is 2. The van der Waals surface area contributed by atoms with E-state index in [1.165, 1.54) is 12.1 Å². The molecule has 1 aromatic heterocycles. The van der Waals surface area contributed by atoms with E-state index in [0.717, 1.165) is 29.6 Å². The van der Waals surface area contributed by atoms with Crippen LogP contribution in [0.1, 0.15) is 19.8 Å². The normalized spacial score (nSPS) is 11.9. The third kappa shape index (κ3) is 4.28. The molecule has 0 radical (unpaired) electrons. The summed E-state index contributed by atoms with van der Waals surface area (Å²) in [5.41, 5.74) is 1.63. The van der Waals surface area contributed by atoms with Gasteiger partial charge in [0.1, 0.15) is 0 Å². The van der Waals surface area contributed by atoms with Gasteiger partial charge in [-0.15, -0.1) is 0 Å². The van der Waals surface area contributed by atoms with Crippen molar-refractivity contribution in [3.8, 4) is 0 Å². The summed E-state index contributed by atoms with van der Waals surface area (Å²) < 4.78 is 51.3. The molecule has 0 fully saturated rings. The largest absolute Gasteiger partial charge is 0.341 e. The van der Waals surface area contributed by atoms with Gasteiger partial charge in [0.05, 0.1) is 15.9 Å². The number of benzene rings is 2. The minimum atomic E-state index is -4.68. The van der Waals surface area contributed by atoms with Crippen LogP contribution in [0.15, 0.2) is 58.2 Å². The van der Waals surface area contributed by atoms with Gasteiger partial charge < -0.3 is 5.32 Å². The Hall–Kier alpha value is -3.01. The third-order valence-electron chi connectivity index (χ3n) is 4.64. The second-order valence-electron chi connectivity index (χ2n) is 6.70. The van der Waals surface area contributed by atoms with Gasteiger partial charge in [-0.05, 0) is 42.8 Å². The number of hydrogen-bond donors (Lipinski definition) is 1. The number of amides is 1. The third-order valence-corrected chi connectivity index (χ3v) is 6.03. The van der Waals surface area contributed by atoms with Crippen LogP contribution in [0.3, 0.4) is 0 Å². The van der Waals surface area contributed by atoms with Crippen molar-refractivity contribution < 1.29 is 22.0 Å². The van der Waals surface area contributed by atoms with E-state index in [1.807, 2.05) is 31.2 Å². The topological polar surface area (TPSA) is 90.2 Å². The summed E-state index contributed by atoms with van der Waals surface area (Å²) in [6.07, 6.45) is 0.808. The molecule has 10 heteroatoms. The summed E-state index contributed by atoms with van der Waals surface area (Å²) in [6.45, 7) is 2.72. The SMILES string of the molecule is CCCn1c(=O)n(CCC(=O)Nc2ccc(S(=O)(=O)C(F)F)cc2)c2ccccc21. The highest BCUT2D eigenvalue weighted by Crippen LogP contribution is 2.20. The number of anilines is 1.